The van der Waals surface area contributed by atoms with E-state index in [1.165, 1.54) is 0 Å². The number of carboxylic acid groups (broad SMARTS) is 1. The van der Waals surface area contributed by atoms with Crippen molar-refractivity contribution >= 4 is 11.9 Å². The van der Waals surface area contributed by atoms with Crippen LogP contribution in [-0.4, -0.2) is 29.6 Å². The fraction of sp³-hybridized carbons (Fsp3) is 0.875. The summed E-state index contributed by atoms with van der Waals surface area (Å²) >= 11 is 0. The molecule has 0 saturated heterocycles. The van der Waals surface area contributed by atoms with Gasteiger partial charge in [-0.25, -0.2) is 0 Å². The van der Waals surface area contributed by atoms with Crippen molar-refractivity contribution < 1.29 is 14.7 Å². The molecule has 0 heterocycles. The zero-order chi connectivity index (χ0) is 16.4. The molecule has 1 unspecified atom stereocenters. The summed E-state index contributed by atoms with van der Waals surface area (Å²) in [6, 6.07) is -0.520. The van der Waals surface area contributed by atoms with Gasteiger partial charge in [0.25, 0.3) is 0 Å². The lowest BCUT2D eigenvalue weighted by molar-refractivity contribution is -0.138. The molecule has 1 amide bonds. The van der Waals surface area contributed by atoms with Crippen molar-refractivity contribution in [3.8, 4) is 0 Å². The average molecular weight is 300 g/mol. The first-order chi connectivity index (χ1) is 9.81. The molecule has 5 heteroatoms. The van der Waals surface area contributed by atoms with Crippen LogP contribution in [0.3, 0.4) is 0 Å². The number of carbonyl (C=O) groups is 2. The number of amides is 1. The second-order valence-corrected chi connectivity index (χ2v) is 6.25. The summed E-state index contributed by atoms with van der Waals surface area (Å²) in [5, 5.41) is 11.8. The first-order valence-corrected chi connectivity index (χ1v) is 8.06. The Morgan fingerprint density at radius 3 is 2.33 bits per heavy atom. The van der Waals surface area contributed by atoms with E-state index in [-0.39, 0.29) is 24.2 Å². The minimum absolute atomic E-state index is 0.0304. The number of aliphatic carboxylic acids is 1. The molecule has 21 heavy (non-hydrogen) atoms. The van der Waals surface area contributed by atoms with Gasteiger partial charge >= 0.3 is 5.97 Å². The van der Waals surface area contributed by atoms with Crippen LogP contribution in [-0.2, 0) is 9.59 Å². The smallest absolute Gasteiger partial charge is 0.303 e. The molecule has 0 aliphatic heterocycles. The molecule has 0 aromatic carbocycles. The molecule has 0 aromatic rings. The SMILES string of the molecule is CCC[C@@H](C)C[C@H](CNC(=O)[C@@H](N)C(C)CC)CC(=O)O. The van der Waals surface area contributed by atoms with Crippen molar-refractivity contribution in [3.05, 3.63) is 0 Å². The normalized spacial score (nSPS) is 16.8. The summed E-state index contributed by atoms with van der Waals surface area (Å²) in [5.41, 5.74) is 5.88. The van der Waals surface area contributed by atoms with E-state index in [1.54, 1.807) is 0 Å². The van der Waals surface area contributed by atoms with Gasteiger partial charge in [0.15, 0.2) is 0 Å². The standard InChI is InChI=1S/C16H32N2O3/c1-5-7-11(3)8-13(9-14(19)20)10-18-16(21)15(17)12(4)6-2/h11-13,15H,5-10,17H2,1-4H3,(H,18,21)(H,19,20)/t11-,12?,13+,15+/m1/s1. The van der Waals surface area contributed by atoms with Gasteiger partial charge in [0.2, 0.25) is 5.91 Å². The number of carbonyl (C=O) groups excluding carboxylic acids is 1. The largest absolute Gasteiger partial charge is 0.481 e. The van der Waals surface area contributed by atoms with E-state index in [0.717, 1.165) is 25.7 Å². The van der Waals surface area contributed by atoms with Crippen molar-refractivity contribution in [1.29, 1.82) is 0 Å². The van der Waals surface area contributed by atoms with Gasteiger partial charge in [0.1, 0.15) is 0 Å². The molecule has 0 aliphatic rings. The molecule has 124 valence electrons. The molecule has 0 radical (unpaired) electrons. The lowest BCUT2D eigenvalue weighted by Gasteiger charge is -2.22. The third kappa shape index (κ3) is 8.71. The third-order valence-electron chi connectivity index (χ3n) is 4.11. The molecular weight excluding hydrogens is 268 g/mol. The number of nitrogens with two attached hydrogens (primary N) is 1. The molecule has 4 N–H and O–H groups in total. The van der Waals surface area contributed by atoms with Crippen LogP contribution in [0.4, 0.5) is 0 Å². The first-order valence-electron chi connectivity index (χ1n) is 8.06. The number of hydrogen-bond donors (Lipinski definition) is 3. The number of carboxylic acids is 1. The Morgan fingerprint density at radius 1 is 1.24 bits per heavy atom. The monoisotopic (exact) mass is 300 g/mol. The van der Waals surface area contributed by atoms with Gasteiger partial charge in [0.05, 0.1) is 6.04 Å². The number of nitrogens with one attached hydrogen (secondary N) is 1. The highest BCUT2D eigenvalue weighted by molar-refractivity contribution is 5.81. The highest BCUT2D eigenvalue weighted by atomic mass is 16.4. The molecular formula is C16H32N2O3. The zero-order valence-corrected chi connectivity index (χ0v) is 13.9. The van der Waals surface area contributed by atoms with Gasteiger partial charge < -0.3 is 16.2 Å². The summed E-state index contributed by atoms with van der Waals surface area (Å²) in [5.74, 6) is -0.425. The van der Waals surface area contributed by atoms with Crippen LogP contribution in [0.2, 0.25) is 0 Å². The van der Waals surface area contributed by atoms with Gasteiger partial charge in [-0.3, -0.25) is 9.59 Å². The predicted molar refractivity (Wildman–Crippen MR) is 84.9 cm³/mol. The molecule has 0 saturated carbocycles. The second kappa shape index (κ2) is 10.6. The van der Waals surface area contributed by atoms with Crippen LogP contribution < -0.4 is 11.1 Å². The van der Waals surface area contributed by atoms with E-state index in [0.29, 0.717) is 12.5 Å². The maximum atomic E-state index is 12.0. The lowest BCUT2D eigenvalue weighted by Crippen LogP contribution is -2.46. The summed E-state index contributed by atoms with van der Waals surface area (Å²) in [6.45, 7) is 8.59. The molecule has 0 fully saturated rings. The van der Waals surface area contributed by atoms with Crippen LogP contribution >= 0.6 is 0 Å². The molecule has 0 aromatic heterocycles. The van der Waals surface area contributed by atoms with Crippen LogP contribution in [0.25, 0.3) is 0 Å². The lowest BCUT2D eigenvalue weighted by atomic mass is 9.90. The predicted octanol–water partition coefficient (Wildman–Crippen LogP) is 2.39. The molecule has 4 atom stereocenters. The third-order valence-corrected chi connectivity index (χ3v) is 4.11. The topological polar surface area (TPSA) is 92.4 Å². The fourth-order valence-corrected chi connectivity index (χ4v) is 2.54. The van der Waals surface area contributed by atoms with Crippen molar-refractivity contribution in [2.45, 2.75) is 65.8 Å². The fourth-order valence-electron chi connectivity index (χ4n) is 2.54. The Balaban J connectivity index is 4.40. The Bertz CT molecular complexity index is 321. The van der Waals surface area contributed by atoms with Crippen LogP contribution in [0.1, 0.15) is 59.8 Å². The van der Waals surface area contributed by atoms with E-state index >= 15 is 0 Å². The van der Waals surface area contributed by atoms with Gasteiger partial charge in [-0.05, 0) is 24.2 Å². The van der Waals surface area contributed by atoms with Crippen molar-refractivity contribution in [2.24, 2.45) is 23.5 Å². The van der Waals surface area contributed by atoms with E-state index < -0.39 is 12.0 Å². The molecule has 0 aliphatic carbocycles. The van der Waals surface area contributed by atoms with Gasteiger partial charge in [-0.15, -0.1) is 0 Å². The van der Waals surface area contributed by atoms with Gasteiger partial charge in [0, 0.05) is 13.0 Å². The van der Waals surface area contributed by atoms with Crippen LogP contribution in [0.15, 0.2) is 0 Å². The average Bonchev–Trinajstić information content (AvgIpc) is 2.42. The zero-order valence-electron chi connectivity index (χ0n) is 13.9. The van der Waals surface area contributed by atoms with E-state index in [1.807, 2.05) is 13.8 Å². The highest BCUT2D eigenvalue weighted by Crippen LogP contribution is 2.19. The van der Waals surface area contributed by atoms with Crippen LogP contribution in [0, 0.1) is 17.8 Å². The van der Waals surface area contributed by atoms with E-state index in [9.17, 15) is 9.59 Å². The Hall–Kier alpha value is -1.10. The quantitative estimate of drug-likeness (QED) is 0.546. The Kier molecular flexibility index (Phi) is 10.0. The summed E-state index contributed by atoms with van der Waals surface area (Å²) in [7, 11) is 0. The number of rotatable bonds is 11. The Morgan fingerprint density at radius 2 is 1.86 bits per heavy atom. The Labute approximate surface area is 128 Å². The second-order valence-electron chi connectivity index (χ2n) is 6.25. The van der Waals surface area contributed by atoms with Crippen molar-refractivity contribution in [2.75, 3.05) is 6.54 Å². The first kappa shape index (κ1) is 19.9. The minimum Gasteiger partial charge on any atom is -0.481 e. The highest BCUT2D eigenvalue weighted by Gasteiger charge is 2.22. The van der Waals surface area contributed by atoms with Gasteiger partial charge in [-0.1, -0.05) is 47.0 Å². The minimum atomic E-state index is -0.816. The van der Waals surface area contributed by atoms with Crippen molar-refractivity contribution in [3.63, 3.8) is 0 Å². The van der Waals surface area contributed by atoms with Gasteiger partial charge in [-0.2, -0.15) is 0 Å². The maximum Gasteiger partial charge on any atom is 0.303 e. The summed E-state index contributed by atoms with van der Waals surface area (Å²) < 4.78 is 0. The van der Waals surface area contributed by atoms with E-state index in [2.05, 4.69) is 19.2 Å². The molecule has 0 bridgehead atoms. The van der Waals surface area contributed by atoms with Crippen molar-refractivity contribution in [1.82, 2.24) is 5.32 Å². The van der Waals surface area contributed by atoms with Crippen LogP contribution in [0.5, 0.6) is 0 Å². The summed E-state index contributed by atoms with van der Waals surface area (Å²) in [6.07, 6.45) is 3.93. The molecule has 0 rings (SSSR count). The van der Waals surface area contributed by atoms with E-state index in [4.69, 9.17) is 10.8 Å². The maximum absolute atomic E-state index is 12.0. The summed E-state index contributed by atoms with van der Waals surface area (Å²) in [4.78, 5) is 22.9. The number of hydrogen-bond acceptors (Lipinski definition) is 3. The molecule has 0 spiro atoms. The molecule has 5 nitrogen and oxygen atoms in total.